The van der Waals surface area contributed by atoms with Gasteiger partial charge in [-0.3, -0.25) is 9.59 Å². The first-order valence-electron chi connectivity index (χ1n) is 5.31. The van der Waals surface area contributed by atoms with Gasteiger partial charge in [-0.2, -0.15) is 0 Å². The molecule has 0 radical (unpaired) electrons. The second-order valence-corrected chi connectivity index (χ2v) is 7.02. The van der Waals surface area contributed by atoms with Gasteiger partial charge in [0.15, 0.2) is 0 Å². The number of aliphatic carboxylic acids is 1. The van der Waals surface area contributed by atoms with Gasteiger partial charge in [0.05, 0.1) is 6.42 Å². The van der Waals surface area contributed by atoms with Crippen LogP contribution in [-0.2, 0) is 14.3 Å². The average molecular weight is 342 g/mol. The highest BCUT2D eigenvalue weighted by atomic mass is 127. The maximum atomic E-state index is 11.8. The van der Waals surface area contributed by atoms with Gasteiger partial charge in [-0.1, -0.05) is 36.4 Å². The van der Waals surface area contributed by atoms with Crippen molar-refractivity contribution in [2.24, 2.45) is 0 Å². The molecule has 0 aliphatic rings. The summed E-state index contributed by atoms with van der Waals surface area (Å²) in [5.41, 5.74) is -0.870. The Morgan fingerprint density at radius 2 is 1.69 bits per heavy atom. The van der Waals surface area contributed by atoms with Crippen LogP contribution in [0.15, 0.2) is 0 Å². The smallest absolute Gasteiger partial charge is 0.322 e. The standard InChI is InChI=1S/C11H19IO4/c1-5-11(6-2,7-8(13)14)16-9(15)10(3,4)12/h5-7H2,1-4H3,(H,13,14). The van der Waals surface area contributed by atoms with Crippen molar-refractivity contribution in [2.45, 2.75) is 56.0 Å². The molecule has 0 aromatic carbocycles. The Bertz CT molecular complexity index is 264. The van der Waals surface area contributed by atoms with Gasteiger partial charge in [-0.15, -0.1) is 0 Å². The van der Waals surface area contributed by atoms with Crippen LogP contribution in [0.2, 0.25) is 0 Å². The van der Waals surface area contributed by atoms with Crippen molar-refractivity contribution in [3.8, 4) is 0 Å². The van der Waals surface area contributed by atoms with Crippen LogP contribution in [0.1, 0.15) is 47.0 Å². The van der Waals surface area contributed by atoms with Crippen LogP contribution in [0, 0.1) is 0 Å². The zero-order valence-electron chi connectivity index (χ0n) is 10.2. The predicted octanol–water partition coefficient (Wildman–Crippen LogP) is 2.78. The summed E-state index contributed by atoms with van der Waals surface area (Å²) in [6.45, 7) is 7.15. The Kier molecular flexibility index (Phi) is 5.72. The molecule has 0 aromatic rings. The third-order valence-corrected chi connectivity index (χ3v) is 3.00. The zero-order valence-corrected chi connectivity index (χ0v) is 12.3. The first-order chi connectivity index (χ1) is 7.17. The predicted molar refractivity (Wildman–Crippen MR) is 69.8 cm³/mol. The van der Waals surface area contributed by atoms with Gasteiger partial charge in [0, 0.05) is 0 Å². The van der Waals surface area contributed by atoms with Crippen LogP contribution in [0.4, 0.5) is 0 Å². The summed E-state index contributed by atoms with van der Waals surface area (Å²) in [6, 6.07) is 0. The fraction of sp³-hybridized carbons (Fsp3) is 0.818. The fourth-order valence-electron chi connectivity index (χ4n) is 1.27. The summed E-state index contributed by atoms with van der Waals surface area (Å²) in [6.07, 6.45) is 0.876. The largest absolute Gasteiger partial charge is 0.481 e. The molecule has 0 atom stereocenters. The molecule has 0 heterocycles. The van der Waals surface area contributed by atoms with Crippen LogP contribution in [0.5, 0.6) is 0 Å². The highest BCUT2D eigenvalue weighted by molar-refractivity contribution is 14.1. The van der Waals surface area contributed by atoms with Crippen LogP contribution in [0.3, 0.4) is 0 Å². The molecule has 94 valence electrons. The quantitative estimate of drug-likeness (QED) is 0.458. The first kappa shape index (κ1) is 15.7. The van der Waals surface area contributed by atoms with Gasteiger partial charge in [0.2, 0.25) is 0 Å². The van der Waals surface area contributed by atoms with Crippen molar-refractivity contribution in [1.29, 1.82) is 0 Å². The first-order valence-corrected chi connectivity index (χ1v) is 6.39. The number of ether oxygens (including phenoxy) is 1. The normalized spacial score (nSPS) is 12.3. The number of carbonyl (C=O) groups is 2. The Morgan fingerprint density at radius 1 is 1.25 bits per heavy atom. The van der Waals surface area contributed by atoms with E-state index >= 15 is 0 Å². The molecule has 5 heteroatoms. The fourth-order valence-corrected chi connectivity index (χ4v) is 1.38. The number of rotatable bonds is 6. The molecule has 0 unspecified atom stereocenters. The second-order valence-electron chi connectivity index (χ2n) is 4.32. The molecule has 0 aliphatic carbocycles. The number of carboxylic acid groups (broad SMARTS) is 1. The van der Waals surface area contributed by atoms with Crippen LogP contribution >= 0.6 is 22.6 Å². The van der Waals surface area contributed by atoms with Crippen molar-refractivity contribution >= 4 is 34.5 Å². The van der Waals surface area contributed by atoms with E-state index in [1.165, 1.54) is 0 Å². The second kappa shape index (κ2) is 5.84. The SMILES string of the molecule is CCC(CC)(CC(=O)O)OC(=O)C(C)(C)I. The molecule has 0 rings (SSSR count). The van der Waals surface area contributed by atoms with Crippen molar-refractivity contribution in [1.82, 2.24) is 0 Å². The zero-order chi connectivity index (χ0) is 13.0. The van der Waals surface area contributed by atoms with E-state index < -0.39 is 15.0 Å². The van der Waals surface area contributed by atoms with Gasteiger partial charge in [0.1, 0.15) is 9.02 Å². The highest BCUT2D eigenvalue weighted by Crippen LogP contribution is 2.29. The van der Waals surface area contributed by atoms with Crippen molar-refractivity contribution in [3.63, 3.8) is 0 Å². The summed E-state index contributed by atoms with van der Waals surface area (Å²) in [5.74, 6) is -1.30. The van der Waals surface area contributed by atoms with Gasteiger partial charge in [-0.25, -0.2) is 0 Å². The number of carbonyl (C=O) groups excluding carboxylic acids is 1. The minimum Gasteiger partial charge on any atom is -0.481 e. The molecule has 0 saturated heterocycles. The lowest BCUT2D eigenvalue weighted by Gasteiger charge is -2.32. The van der Waals surface area contributed by atoms with E-state index in [0.29, 0.717) is 12.8 Å². The number of carboxylic acids is 1. The number of esters is 1. The molecule has 0 spiro atoms. The van der Waals surface area contributed by atoms with Crippen molar-refractivity contribution in [3.05, 3.63) is 0 Å². The van der Waals surface area contributed by atoms with Gasteiger partial charge in [0.25, 0.3) is 0 Å². The molecule has 0 fully saturated rings. The molecule has 0 bridgehead atoms. The lowest BCUT2D eigenvalue weighted by atomic mass is 9.93. The number of halogens is 1. The molecule has 4 nitrogen and oxygen atoms in total. The maximum absolute atomic E-state index is 11.8. The van der Waals surface area contributed by atoms with E-state index in [-0.39, 0.29) is 12.4 Å². The summed E-state index contributed by atoms with van der Waals surface area (Å²) in [7, 11) is 0. The van der Waals surface area contributed by atoms with Crippen molar-refractivity contribution < 1.29 is 19.4 Å². The van der Waals surface area contributed by atoms with E-state index in [2.05, 4.69) is 0 Å². The number of alkyl halides is 1. The van der Waals surface area contributed by atoms with Crippen molar-refractivity contribution in [2.75, 3.05) is 0 Å². The van der Waals surface area contributed by atoms with E-state index in [1.54, 1.807) is 13.8 Å². The molecule has 16 heavy (non-hydrogen) atoms. The average Bonchev–Trinajstić information content (AvgIpc) is 2.14. The molecule has 1 N–H and O–H groups in total. The summed E-state index contributed by atoms with van der Waals surface area (Å²) in [5, 5.41) is 8.83. The lowest BCUT2D eigenvalue weighted by Crippen LogP contribution is -2.41. The van der Waals surface area contributed by atoms with Gasteiger partial charge < -0.3 is 9.84 Å². The molecule has 0 aromatic heterocycles. The lowest BCUT2D eigenvalue weighted by molar-refractivity contribution is -0.167. The molecule has 0 amide bonds. The van der Waals surface area contributed by atoms with E-state index in [9.17, 15) is 9.59 Å². The molecular weight excluding hydrogens is 323 g/mol. The number of hydrogen-bond donors (Lipinski definition) is 1. The Balaban J connectivity index is 4.80. The van der Waals surface area contributed by atoms with Crippen LogP contribution in [0.25, 0.3) is 0 Å². The molecule has 0 aliphatic heterocycles. The monoisotopic (exact) mass is 342 g/mol. The Hall–Kier alpha value is -0.330. The third kappa shape index (κ3) is 4.67. The van der Waals surface area contributed by atoms with E-state index in [4.69, 9.17) is 9.84 Å². The maximum Gasteiger partial charge on any atom is 0.322 e. The van der Waals surface area contributed by atoms with Gasteiger partial charge in [-0.05, 0) is 26.7 Å². The summed E-state index contributed by atoms with van der Waals surface area (Å²) >= 11 is 1.99. The minimum atomic E-state index is -0.942. The molecule has 0 saturated carbocycles. The van der Waals surface area contributed by atoms with E-state index in [1.807, 2.05) is 36.4 Å². The minimum absolute atomic E-state index is 0.140. The highest BCUT2D eigenvalue weighted by Gasteiger charge is 2.37. The topological polar surface area (TPSA) is 63.6 Å². The van der Waals surface area contributed by atoms with Gasteiger partial charge >= 0.3 is 11.9 Å². The third-order valence-electron chi connectivity index (χ3n) is 2.56. The van der Waals surface area contributed by atoms with Crippen LogP contribution < -0.4 is 0 Å². The Morgan fingerprint density at radius 3 is 1.94 bits per heavy atom. The number of hydrogen-bond acceptors (Lipinski definition) is 3. The molecular formula is C11H19IO4. The Labute approximate surface area is 110 Å². The summed E-state index contributed by atoms with van der Waals surface area (Å²) < 4.78 is 4.75. The van der Waals surface area contributed by atoms with Crippen LogP contribution in [-0.4, -0.2) is 26.1 Å². The summed E-state index contributed by atoms with van der Waals surface area (Å²) in [4.78, 5) is 22.5. The van der Waals surface area contributed by atoms with E-state index in [0.717, 1.165) is 0 Å².